The van der Waals surface area contributed by atoms with Crippen LogP contribution in [0.25, 0.3) is 10.9 Å². The maximum atomic E-state index is 11.0. The number of aromatic nitrogens is 1. The van der Waals surface area contributed by atoms with Crippen molar-refractivity contribution < 1.29 is 14.3 Å². The van der Waals surface area contributed by atoms with Gasteiger partial charge in [0.1, 0.15) is 6.10 Å². The second-order valence-electron chi connectivity index (χ2n) is 5.32. The average molecular weight is 259 g/mol. The highest BCUT2D eigenvalue weighted by Crippen LogP contribution is 2.25. The summed E-state index contributed by atoms with van der Waals surface area (Å²) in [5.41, 5.74) is 1.78. The lowest BCUT2D eigenvalue weighted by atomic mass is 10.1. The van der Waals surface area contributed by atoms with Crippen LogP contribution in [0.2, 0.25) is 0 Å². The molecule has 0 aliphatic carbocycles. The van der Waals surface area contributed by atoms with Crippen molar-refractivity contribution in [1.29, 1.82) is 0 Å². The quantitative estimate of drug-likeness (QED) is 0.795. The molecule has 1 aromatic carbocycles. The number of benzene rings is 1. The molecule has 0 bridgehead atoms. The molecule has 2 aromatic rings. The summed E-state index contributed by atoms with van der Waals surface area (Å²) in [6, 6.07) is 7.72. The Labute approximate surface area is 111 Å². The Morgan fingerprint density at radius 1 is 1.42 bits per heavy atom. The summed E-state index contributed by atoms with van der Waals surface area (Å²) < 4.78 is 13.5. The zero-order valence-corrected chi connectivity index (χ0v) is 11.1. The van der Waals surface area contributed by atoms with Crippen molar-refractivity contribution in [2.24, 2.45) is 0 Å². The lowest BCUT2D eigenvalue weighted by molar-refractivity contribution is -0.139. The minimum Gasteiger partial charge on any atom is -0.348 e. The van der Waals surface area contributed by atoms with E-state index in [0.717, 1.165) is 29.3 Å². The molecule has 19 heavy (non-hydrogen) atoms. The first-order valence-electron chi connectivity index (χ1n) is 6.44. The van der Waals surface area contributed by atoms with Crippen molar-refractivity contribution in [3.63, 3.8) is 0 Å². The van der Waals surface area contributed by atoms with E-state index in [9.17, 15) is 4.79 Å². The van der Waals surface area contributed by atoms with Gasteiger partial charge < -0.3 is 14.0 Å². The van der Waals surface area contributed by atoms with E-state index in [0.29, 0.717) is 6.61 Å². The van der Waals surface area contributed by atoms with E-state index in [1.165, 1.54) is 0 Å². The van der Waals surface area contributed by atoms with Crippen LogP contribution in [0.15, 0.2) is 30.5 Å². The predicted molar refractivity (Wildman–Crippen MR) is 72.2 cm³/mol. The van der Waals surface area contributed by atoms with Crippen LogP contribution in [0.5, 0.6) is 0 Å². The number of fused-ring (bicyclic) bond motifs is 1. The zero-order chi connectivity index (χ0) is 13.5. The van der Waals surface area contributed by atoms with Crippen molar-refractivity contribution in [2.75, 3.05) is 6.61 Å². The second-order valence-corrected chi connectivity index (χ2v) is 5.32. The molecule has 1 aromatic heterocycles. The normalized spacial score (nSPS) is 21.9. The molecule has 1 aliphatic heterocycles. The lowest BCUT2D eigenvalue weighted by Gasteiger charge is -2.17. The van der Waals surface area contributed by atoms with Gasteiger partial charge in [-0.25, -0.2) is 0 Å². The number of hydrogen-bond donors (Lipinski definition) is 0. The largest absolute Gasteiger partial charge is 0.348 e. The minimum absolute atomic E-state index is 0.0467. The fraction of sp³-hybridized carbons (Fsp3) is 0.400. The van der Waals surface area contributed by atoms with E-state index in [2.05, 4.69) is 4.57 Å². The van der Waals surface area contributed by atoms with Crippen LogP contribution < -0.4 is 0 Å². The highest BCUT2D eigenvalue weighted by atomic mass is 16.7. The van der Waals surface area contributed by atoms with Crippen molar-refractivity contribution >= 4 is 17.2 Å². The summed E-state index contributed by atoms with van der Waals surface area (Å²) in [4.78, 5) is 11.0. The first kappa shape index (κ1) is 12.4. The van der Waals surface area contributed by atoms with E-state index in [1.807, 2.05) is 44.3 Å². The zero-order valence-electron chi connectivity index (χ0n) is 11.1. The second kappa shape index (κ2) is 4.47. The molecule has 0 saturated carbocycles. The molecule has 1 aliphatic rings. The van der Waals surface area contributed by atoms with Gasteiger partial charge in [0.2, 0.25) is 0 Å². The smallest absolute Gasteiger partial charge is 0.163 e. The van der Waals surface area contributed by atoms with Gasteiger partial charge in [0.15, 0.2) is 12.1 Å². The third-order valence-electron chi connectivity index (χ3n) is 3.44. The number of aldehydes is 1. The van der Waals surface area contributed by atoms with Crippen molar-refractivity contribution in [1.82, 2.24) is 4.57 Å². The van der Waals surface area contributed by atoms with E-state index in [-0.39, 0.29) is 6.10 Å². The van der Waals surface area contributed by atoms with E-state index >= 15 is 0 Å². The van der Waals surface area contributed by atoms with E-state index < -0.39 is 5.79 Å². The van der Waals surface area contributed by atoms with Gasteiger partial charge >= 0.3 is 0 Å². The number of carbonyl (C=O) groups is 1. The first-order chi connectivity index (χ1) is 9.09. The summed E-state index contributed by atoms with van der Waals surface area (Å²) >= 11 is 0. The summed E-state index contributed by atoms with van der Waals surface area (Å²) in [5, 5.41) is 0.982. The molecule has 3 rings (SSSR count). The first-order valence-corrected chi connectivity index (χ1v) is 6.44. The van der Waals surface area contributed by atoms with Crippen LogP contribution in [-0.2, 0) is 16.0 Å². The summed E-state index contributed by atoms with van der Waals surface area (Å²) in [5.74, 6) is -0.498. The maximum Gasteiger partial charge on any atom is 0.163 e. The summed E-state index contributed by atoms with van der Waals surface area (Å²) in [7, 11) is 0. The van der Waals surface area contributed by atoms with Gasteiger partial charge in [-0.15, -0.1) is 0 Å². The standard InChI is InChI=1S/C15H17NO3/c1-15(2)18-10-12(19-15)8-16-7-6-13-11(9-17)4-3-5-14(13)16/h3-7,9,12H,8,10H2,1-2H3/t12-/m0/s1. The Morgan fingerprint density at radius 2 is 2.26 bits per heavy atom. The van der Waals surface area contributed by atoms with E-state index in [4.69, 9.17) is 9.47 Å². The Kier molecular flexibility index (Phi) is 2.92. The van der Waals surface area contributed by atoms with Crippen LogP contribution in [0.1, 0.15) is 24.2 Å². The third kappa shape index (κ3) is 2.29. The molecule has 1 atom stereocenters. The fourth-order valence-electron chi connectivity index (χ4n) is 2.58. The van der Waals surface area contributed by atoms with Crippen molar-refractivity contribution in [3.05, 3.63) is 36.0 Å². The lowest BCUT2D eigenvalue weighted by Crippen LogP contribution is -2.23. The number of nitrogens with zero attached hydrogens (tertiary/aromatic N) is 1. The van der Waals surface area contributed by atoms with Crippen LogP contribution >= 0.6 is 0 Å². The van der Waals surface area contributed by atoms with Crippen LogP contribution in [-0.4, -0.2) is 29.4 Å². The molecule has 4 nitrogen and oxygen atoms in total. The maximum absolute atomic E-state index is 11.0. The van der Waals surface area contributed by atoms with Gasteiger partial charge in [0.05, 0.1) is 13.2 Å². The third-order valence-corrected chi connectivity index (χ3v) is 3.44. The number of ether oxygens (including phenoxy) is 2. The molecule has 0 amide bonds. The SMILES string of the molecule is CC1(C)OC[C@H](Cn2ccc3c(C=O)cccc32)O1. The molecule has 1 saturated heterocycles. The summed E-state index contributed by atoms with van der Waals surface area (Å²) in [6.07, 6.45) is 2.93. The molecule has 0 unspecified atom stereocenters. The molecule has 4 heteroatoms. The molecular formula is C15H17NO3. The molecule has 0 spiro atoms. The molecular weight excluding hydrogens is 242 g/mol. The Hall–Kier alpha value is -1.65. The highest BCUT2D eigenvalue weighted by Gasteiger charge is 2.32. The molecule has 1 fully saturated rings. The Balaban J connectivity index is 1.88. The fourth-order valence-corrected chi connectivity index (χ4v) is 2.58. The van der Waals surface area contributed by atoms with Crippen molar-refractivity contribution in [3.8, 4) is 0 Å². The van der Waals surface area contributed by atoms with Crippen LogP contribution in [0, 0.1) is 0 Å². The highest BCUT2D eigenvalue weighted by molar-refractivity contribution is 5.97. The predicted octanol–water partition coefficient (Wildman–Crippen LogP) is 2.61. The topological polar surface area (TPSA) is 40.5 Å². The number of hydrogen-bond acceptors (Lipinski definition) is 3. The monoisotopic (exact) mass is 259 g/mol. The number of carbonyl (C=O) groups excluding carboxylic acids is 1. The Morgan fingerprint density at radius 3 is 2.95 bits per heavy atom. The minimum atomic E-state index is -0.498. The van der Waals surface area contributed by atoms with Crippen molar-refractivity contribution in [2.45, 2.75) is 32.3 Å². The molecule has 100 valence electrons. The Bertz CT molecular complexity index is 615. The molecule has 2 heterocycles. The van der Waals surface area contributed by atoms with Gasteiger partial charge in [-0.1, -0.05) is 12.1 Å². The van der Waals surface area contributed by atoms with E-state index in [1.54, 1.807) is 0 Å². The molecule has 0 N–H and O–H groups in total. The summed E-state index contributed by atoms with van der Waals surface area (Å²) in [6.45, 7) is 5.17. The van der Waals surface area contributed by atoms with Gasteiger partial charge in [-0.3, -0.25) is 4.79 Å². The van der Waals surface area contributed by atoms with Crippen LogP contribution in [0.4, 0.5) is 0 Å². The molecule has 0 radical (unpaired) electrons. The van der Waals surface area contributed by atoms with Gasteiger partial charge in [0, 0.05) is 22.7 Å². The van der Waals surface area contributed by atoms with Gasteiger partial charge in [-0.05, 0) is 26.0 Å². The van der Waals surface area contributed by atoms with Crippen LogP contribution in [0.3, 0.4) is 0 Å². The average Bonchev–Trinajstić information content (AvgIpc) is 2.93. The van der Waals surface area contributed by atoms with Gasteiger partial charge in [0.25, 0.3) is 0 Å². The number of rotatable bonds is 3. The van der Waals surface area contributed by atoms with Gasteiger partial charge in [-0.2, -0.15) is 0 Å².